The fourth-order valence-electron chi connectivity index (χ4n) is 2.42. The van der Waals surface area contributed by atoms with Crippen LogP contribution in [0.4, 0.5) is 11.4 Å². The van der Waals surface area contributed by atoms with E-state index in [1.807, 2.05) is 25.1 Å². The summed E-state index contributed by atoms with van der Waals surface area (Å²) in [5.41, 5.74) is 7.56. The van der Waals surface area contributed by atoms with Gasteiger partial charge in [0.05, 0.1) is 12.0 Å². The van der Waals surface area contributed by atoms with Crippen molar-refractivity contribution >= 4 is 17.3 Å². The quantitative estimate of drug-likeness (QED) is 0.600. The lowest BCUT2D eigenvalue weighted by Gasteiger charge is -2.11. The molecule has 0 saturated heterocycles. The van der Waals surface area contributed by atoms with E-state index in [9.17, 15) is 14.9 Å². The van der Waals surface area contributed by atoms with Gasteiger partial charge in [-0.2, -0.15) is 0 Å². The molecule has 0 heterocycles. The lowest BCUT2D eigenvalue weighted by molar-refractivity contribution is -0.384. The van der Waals surface area contributed by atoms with E-state index in [1.54, 1.807) is 7.11 Å². The van der Waals surface area contributed by atoms with Gasteiger partial charge in [0.25, 0.3) is 5.69 Å². The first-order valence-corrected chi connectivity index (χ1v) is 7.38. The summed E-state index contributed by atoms with van der Waals surface area (Å²) in [4.78, 5) is 21.8. The molecule has 3 N–H and O–H groups in total. The van der Waals surface area contributed by atoms with Gasteiger partial charge in [0.2, 0.25) is 5.91 Å². The van der Waals surface area contributed by atoms with Gasteiger partial charge < -0.3 is 15.8 Å². The number of anilines is 1. The third kappa shape index (κ3) is 4.01. The number of nitro benzene ring substituents is 1. The van der Waals surface area contributed by atoms with Crippen molar-refractivity contribution < 1.29 is 14.5 Å². The standard InChI is InChI=1S/C17H19N3O4/c1-11-3-6-16(24-2)12(9-11)7-8-19-14-5-4-13(17(18)21)10-15(14)20(22)23/h3-6,9-10,19H,7-8H2,1-2H3,(H2,18,21). The Kier molecular flexibility index (Phi) is 5.36. The average molecular weight is 329 g/mol. The summed E-state index contributed by atoms with van der Waals surface area (Å²) in [6.07, 6.45) is 0.638. The zero-order valence-corrected chi connectivity index (χ0v) is 13.5. The van der Waals surface area contributed by atoms with Crippen LogP contribution < -0.4 is 15.8 Å². The van der Waals surface area contributed by atoms with E-state index in [4.69, 9.17) is 10.5 Å². The van der Waals surface area contributed by atoms with Crippen LogP contribution in [0.1, 0.15) is 21.5 Å². The maximum Gasteiger partial charge on any atom is 0.293 e. The van der Waals surface area contributed by atoms with Gasteiger partial charge in [-0.15, -0.1) is 0 Å². The van der Waals surface area contributed by atoms with Crippen molar-refractivity contribution in [2.45, 2.75) is 13.3 Å². The van der Waals surface area contributed by atoms with E-state index < -0.39 is 10.8 Å². The van der Waals surface area contributed by atoms with Gasteiger partial charge in [0, 0.05) is 18.2 Å². The van der Waals surface area contributed by atoms with E-state index in [0.717, 1.165) is 16.9 Å². The molecule has 0 aliphatic carbocycles. The minimum atomic E-state index is -0.700. The van der Waals surface area contributed by atoms with Crippen LogP contribution in [0.25, 0.3) is 0 Å². The number of ether oxygens (including phenoxy) is 1. The Morgan fingerprint density at radius 2 is 2.04 bits per heavy atom. The third-order valence-corrected chi connectivity index (χ3v) is 3.62. The molecular weight excluding hydrogens is 310 g/mol. The third-order valence-electron chi connectivity index (χ3n) is 3.62. The van der Waals surface area contributed by atoms with Crippen molar-refractivity contribution in [3.63, 3.8) is 0 Å². The van der Waals surface area contributed by atoms with Gasteiger partial charge in [-0.05, 0) is 37.1 Å². The molecule has 0 atom stereocenters. The van der Waals surface area contributed by atoms with Crippen LogP contribution in [0.5, 0.6) is 5.75 Å². The van der Waals surface area contributed by atoms with Crippen molar-refractivity contribution in [2.75, 3.05) is 19.0 Å². The first-order chi connectivity index (χ1) is 11.4. The highest BCUT2D eigenvalue weighted by Gasteiger charge is 2.16. The minimum Gasteiger partial charge on any atom is -0.496 e. The predicted octanol–water partition coefficient (Wildman–Crippen LogP) is 2.67. The second-order valence-corrected chi connectivity index (χ2v) is 5.35. The first kappa shape index (κ1) is 17.3. The van der Waals surface area contributed by atoms with Crippen LogP contribution in [0, 0.1) is 17.0 Å². The lowest BCUT2D eigenvalue weighted by Crippen LogP contribution is -2.12. The molecule has 24 heavy (non-hydrogen) atoms. The first-order valence-electron chi connectivity index (χ1n) is 7.38. The molecule has 0 saturated carbocycles. The molecule has 2 rings (SSSR count). The number of amides is 1. The van der Waals surface area contributed by atoms with Crippen molar-refractivity contribution in [1.82, 2.24) is 0 Å². The number of nitro groups is 1. The summed E-state index contributed by atoms with van der Waals surface area (Å²) in [6, 6.07) is 10.0. The van der Waals surface area contributed by atoms with Crippen molar-refractivity contribution in [2.24, 2.45) is 5.73 Å². The Morgan fingerprint density at radius 3 is 2.67 bits per heavy atom. The number of carbonyl (C=O) groups is 1. The number of nitrogens with one attached hydrogen (secondary N) is 1. The second-order valence-electron chi connectivity index (χ2n) is 5.35. The van der Waals surface area contributed by atoms with E-state index in [2.05, 4.69) is 5.32 Å². The van der Waals surface area contributed by atoms with Crippen LogP contribution in [0.3, 0.4) is 0 Å². The zero-order chi connectivity index (χ0) is 17.7. The molecule has 0 bridgehead atoms. The minimum absolute atomic E-state index is 0.104. The number of carbonyl (C=O) groups excluding carboxylic acids is 1. The Labute approximate surface area is 139 Å². The van der Waals surface area contributed by atoms with Crippen LogP contribution in [-0.2, 0) is 6.42 Å². The van der Waals surface area contributed by atoms with Gasteiger partial charge in [-0.1, -0.05) is 17.7 Å². The molecular formula is C17H19N3O4. The summed E-state index contributed by atoms with van der Waals surface area (Å²) >= 11 is 0. The SMILES string of the molecule is COc1ccc(C)cc1CCNc1ccc(C(N)=O)cc1[N+](=O)[O-]. The van der Waals surface area contributed by atoms with Crippen molar-refractivity contribution in [1.29, 1.82) is 0 Å². The monoisotopic (exact) mass is 329 g/mol. The molecule has 0 radical (unpaired) electrons. The molecule has 7 heteroatoms. The number of benzene rings is 2. The Hall–Kier alpha value is -3.09. The summed E-state index contributed by atoms with van der Waals surface area (Å²) in [6.45, 7) is 2.47. The van der Waals surface area contributed by atoms with Crippen molar-refractivity contribution in [3.8, 4) is 5.75 Å². The van der Waals surface area contributed by atoms with E-state index in [0.29, 0.717) is 18.7 Å². The van der Waals surface area contributed by atoms with Crippen LogP contribution in [-0.4, -0.2) is 24.5 Å². The van der Waals surface area contributed by atoms with Crippen LogP contribution >= 0.6 is 0 Å². The average Bonchev–Trinajstić information content (AvgIpc) is 2.55. The van der Waals surface area contributed by atoms with Crippen molar-refractivity contribution in [3.05, 3.63) is 63.2 Å². The molecule has 0 aliphatic heterocycles. The Morgan fingerprint density at radius 1 is 1.29 bits per heavy atom. The number of nitrogens with zero attached hydrogens (tertiary/aromatic N) is 1. The number of methoxy groups -OCH3 is 1. The van der Waals surface area contributed by atoms with Crippen LogP contribution in [0.2, 0.25) is 0 Å². The highest BCUT2D eigenvalue weighted by atomic mass is 16.6. The molecule has 0 aromatic heterocycles. The summed E-state index contributed by atoms with van der Waals surface area (Å²) in [5, 5.41) is 14.2. The largest absolute Gasteiger partial charge is 0.496 e. The fraction of sp³-hybridized carbons (Fsp3) is 0.235. The Balaban J connectivity index is 2.14. The van der Waals surface area contributed by atoms with Gasteiger partial charge in [-0.3, -0.25) is 14.9 Å². The fourth-order valence-corrected chi connectivity index (χ4v) is 2.42. The number of hydrogen-bond donors (Lipinski definition) is 2. The molecule has 0 aliphatic rings. The topological polar surface area (TPSA) is 107 Å². The number of aryl methyl sites for hydroxylation is 1. The smallest absolute Gasteiger partial charge is 0.293 e. The molecule has 0 unspecified atom stereocenters. The van der Waals surface area contributed by atoms with Gasteiger partial charge in [-0.25, -0.2) is 0 Å². The maximum absolute atomic E-state index is 11.2. The van der Waals surface area contributed by atoms with E-state index >= 15 is 0 Å². The van der Waals surface area contributed by atoms with E-state index in [-0.39, 0.29) is 11.3 Å². The lowest BCUT2D eigenvalue weighted by atomic mass is 10.1. The molecule has 7 nitrogen and oxygen atoms in total. The number of primary amides is 1. The van der Waals surface area contributed by atoms with Gasteiger partial charge in [0.1, 0.15) is 11.4 Å². The number of hydrogen-bond acceptors (Lipinski definition) is 5. The normalized spacial score (nSPS) is 10.2. The number of nitrogens with two attached hydrogens (primary N) is 1. The van der Waals surface area contributed by atoms with Gasteiger partial charge in [0.15, 0.2) is 0 Å². The molecule has 0 spiro atoms. The summed E-state index contributed by atoms with van der Waals surface area (Å²) < 4.78 is 5.32. The van der Waals surface area contributed by atoms with Crippen LogP contribution in [0.15, 0.2) is 36.4 Å². The Bertz CT molecular complexity index is 774. The molecule has 126 valence electrons. The van der Waals surface area contributed by atoms with Gasteiger partial charge >= 0.3 is 0 Å². The molecule has 2 aromatic carbocycles. The summed E-state index contributed by atoms with van der Waals surface area (Å²) in [5.74, 6) is 0.0788. The molecule has 2 aromatic rings. The predicted molar refractivity (Wildman–Crippen MR) is 91.5 cm³/mol. The molecule has 0 fully saturated rings. The molecule has 1 amide bonds. The maximum atomic E-state index is 11.2. The number of rotatable bonds is 7. The highest BCUT2D eigenvalue weighted by molar-refractivity contribution is 5.94. The van der Waals surface area contributed by atoms with E-state index in [1.165, 1.54) is 18.2 Å². The highest BCUT2D eigenvalue weighted by Crippen LogP contribution is 2.26. The summed E-state index contributed by atoms with van der Waals surface area (Å²) in [7, 11) is 1.61. The zero-order valence-electron chi connectivity index (χ0n) is 13.5. The second kappa shape index (κ2) is 7.45.